The van der Waals surface area contributed by atoms with Crippen molar-refractivity contribution >= 4 is 11.6 Å². The molecular weight excluding hydrogens is 186 g/mol. The summed E-state index contributed by atoms with van der Waals surface area (Å²) in [5.41, 5.74) is 0. The van der Waals surface area contributed by atoms with Gasteiger partial charge in [-0.15, -0.1) is 11.6 Å². The van der Waals surface area contributed by atoms with E-state index in [1.54, 1.807) is 0 Å². The van der Waals surface area contributed by atoms with Crippen molar-refractivity contribution < 1.29 is 4.74 Å². The van der Waals surface area contributed by atoms with Crippen molar-refractivity contribution in [2.24, 2.45) is 0 Å². The number of likely N-dealkylation sites (tertiary alicyclic amines) is 1. The van der Waals surface area contributed by atoms with E-state index >= 15 is 0 Å². The molecule has 0 aromatic carbocycles. The van der Waals surface area contributed by atoms with Gasteiger partial charge in [-0.3, -0.25) is 0 Å². The quantitative estimate of drug-likeness (QED) is 0.652. The molecule has 0 N–H and O–H groups in total. The number of rotatable bonds is 4. The molecule has 1 aliphatic heterocycles. The standard InChI is InChI=1S/C10H20ClNO/c1-9(2)12-6-3-10(4-7-12)13-8-5-11/h9-10H,3-8H2,1-2H3. The summed E-state index contributed by atoms with van der Waals surface area (Å²) < 4.78 is 5.60. The van der Waals surface area contributed by atoms with E-state index in [-0.39, 0.29) is 0 Å². The molecule has 0 amide bonds. The topological polar surface area (TPSA) is 12.5 Å². The Morgan fingerprint density at radius 2 is 2.00 bits per heavy atom. The zero-order valence-corrected chi connectivity index (χ0v) is 9.39. The molecule has 0 unspecified atom stereocenters. The van der Waals surface area contributed by atoms with E-state index in [1.165, 1.54) is 13.1 Å². The molecule has 2 nitrogen and oxygen atoms in total. The third-order valence-corrected chi connectivity index (χ3v) is 2.79. The summed E-state index contributed by atoms with van der Waals surface area (Å²) in [6.45, 7) is 7.54. The van der Waals surface area contributed by atoms with Gasteiger partial charge in [-0.2, -0.15) is 0 Å². The number of hydrogen-bond donors (Lipinski definition) is 0. The second kappa shape index (κ2) is 5.84. The third kappa shape index (κ3) is 3.84. The first kappa shape index (κ1) is 11.3. The monoisotopic (exact) mass is 205 g/mol. The van der Waals surface area contributed by atoms with E-state index in [4.69, 9.17) is 16.3 Å². The second-order valence-corrected chi connectivity index (χ2v) is 4.27. The van der Waals surface area contributed by atoms with Crippen molar-refractivity contribution in [3.8, 4) is 0 Å². The largest absolute Gasteiger partial charge is 0.377 e. The Hall–Kier alpha value is 0.210. The van der Waals surface area contributed by atoms with Crippen LogP contribution in [-0.2, 0) is 4.74 Å². The minimum atomic E-state index is 0.453. The molecule has 3 heteroatoms. The normalized spacial score (nSPS) is 21.2. The first-order valence-electron chi connectivity index (χ1n) is 5.15. The highest BCUT2D eigenvalue weighted by Crippen LogP contribution is 2.15. The molecule has 1 saturated heterocycles. The Morgan fingerprint density at radius 1 is 1.38 bits per heavy atom. The summed E-state index contributed by atoms with van der Waals surface area (Å²) in [7, 11) is 0. The average Bonchev–Trinajstić information content (AvgIpc) is 2.15. The molecule has 13 heavy (non-hydrogen) atoms. The van der Waals surface area contributed by atoms with Gasteiger partial charge < -0.3 is 9.64 Å². The van der Waals surface area contributed by atoms with E-state index in [9.17, 15) is 0 Å². The fraction of sp³-hybridized carbons (Fsp3) is 1.00. The predicted octanol–water partition coefficient (Wildman–Crippen LogP) is 2.11. The number of hydrogen-bond acceptors (Lipinski definition) is 2. The van der Waals surface area contributed by atoms with Crippen LogP contribution < -0.4 is 0 Å². The lowest BCUT2D eigenvalue weighted by molar-refractivity contribution is 0.00849. The van der Waals surface area contributed by atoms with Crippen LogP contribution in [0.5, 0.6) is 0 Å². The highest BCUT2D eigenvalue weighted by Gasteiger charge is 2.20. The van der Waals surface area contributed by atoms with Crippen LogP contribution in [0.4, 0.5) is 0 Å². The zero-order chi connectivity index (χ0) is 9.68. The Labute approximate surface area is 86.2 Å². The summed E-state index contributed by atoms with van der Waals surface area (Å²) in [6.07, 6.45) is 2.78. The molecule has 1 rings (SSSR count). The Morgan fingerprint density at radius 3 is 2.46 bits per heavy atom. The van der Waals surface area contributed by atoms with Crippen molar-refractivity contribution in [2.45, 2.75) is 38.8 Å². The Kier molecular flexibility index (Phi) is 5.07. The van der Waals surface area contributed by atoms with Gasteiger partial charge in [0.25, 0.3) is 0 Å². The first-order chi connectivity index (χ1) is 6.24. The van der Waals surface area contributed by atoms with Gasteiger partial charge in [0.15, 0.2) is 0 Å². The number of nitrogens with zero attached hydrogens (tertiary/aromatic N) is 1. The minimum absolute atomic E-state index is 0.453. The zero-order valence-electron chi connectivity index (χ0n) is 8.63. The van der Waals surface area contributed by atoms with E-state index in [0.29, 0.717) is 24.6 Å². The van der Waals surface area contributed by atoms with Crippen LogP contribution in [-0.4, -0.2) is 42.6 Å². The summed E-state index contributed by atoms with van der Waals surface area (Å²) in [6, 6.07) is 0.675. The Balaban J connectivity index is 2.15. The molecule has 0 spiro atoms. The van der Waals surface area contributed by atoms with Gasteiger partial charge in [0.2, 0.25) is 0 Å². The van der Waals surface area contributed by atoms with Gasteiger partial charge in [0, 0.05) is 25.0 Å². The maximum absolute atomic E-state index is 5.60. The van der Waals surface area contributed by atoms with Gasteiger partial charge in [-0.1, -0.05) is 0 Å². The van der Waals surface area contributed by atoms with Crippen LogP contribution >= 0.6 is 11.6 Å². The molecule has 0 aliphatic carbocycles. The van der Waals surface area contributed by atoms with Crippen molar-refractivity contribution in [1.82, 2.24) is 4.90 Å². The van der Waals surface area contributed by atoms with Crippen LogP contribution in [0.1, 0.15) is 26.7 Å². The fourth-order valence-electron chi connectivity index (χ4n) is 1.77. The third-order valence-electron chi connectivity index (χ3n) is 2.64. The van der Waals surface area contributed by atoms with Gasteiger partial charge >= 0.3 is 0 Å². The predicted molar refractivity (Wildman–Crippen MR) is 56.4 cm³/mol. The van der Waals surface area contributed by atoms with E-state index in [2.05, 4.69) is 18.7 Å². The van der Waals surface area contributed by atoms with Crippen LogP contribution in [0.25, 0.3) is 0 Å². The highest BCUT2D eigenvalue weighted by molar-refractivity contribution is 6.17. The molecule has 0 radical (unpaired) electrons. The second-order valence-electron chi connectivity index (χ2n) is 3.89. The lowest BCUT2D eigenvalue weighted by atomic mass is 10.1. The van der Waals surface area contributed by atoms with E-state index in [1.807, 2.05) is 0 Å². The summed E-state index contributed by atoms with van der Waals surface area (Å²) in [4.78, 5) is 2.50. The minimum Gasteiger partial charge on any atom is -0.377 e. The van der Waals surface area contributed by atoms with Crippen molar-refractivity contribution in [3.05, 3.63) is 0 Å². The molecule has 0 atom stereocenters. The van der Waals surface area contributed by atoms with Gasteiger partial charge in [0.1, 0.15) is 0 Å². The first-order valence-corrected chi connectivity index (χ1v) is 5.69. The summed E-state index contributed by atoms with van der Waals surface area (Å²) >= 11 is 5.56. The molecular formula is C10H20ClNO. The molecule has 0 bridgehead atoms. The lowest BCUT2D eigenvalue weighted by Crippen LogP contribution is -2.41. The molecule has 1 aliphatic rings. The van der Waals surface area contributed by atoms with Crippen molar-refractivity contribution in [3.63, 3.8) is 0 Å². The van der Waals surface area contributed by atoms with E-state index < -0.39 is 0 Å². The smallest absolute Gasteiger partial charge is 0.0605 e. The van der Waals surface area contributed by atoms with Gasteiger partial charge in [0.05, 0.1) is 12.7 Å². The number of halogens is 1. The summed E-state index contributed by atoms with van der Waals surface area (Å²) in [5, 5.41) is 0. The van der Waals surface area contributed by atoms with Gasteiger partial charge in [-0.05, 0) is 26.7 Å². The number of ether oxygens (including phenoxy) is 1. The molecule has 0 saturated carbocycles. The van der Waals surface area contributed by atoms with Crippen LogP contribution in [0, 0.1) is 0 Å². The van der Waals surface area contributed by atoms with Crippen molar-refractivity contribution in [2.75, 3.05) is 25.6 Å². The number of alkyl halides is 1. The van der Waals surface area contributed by atoms with Crippen LogP contribution in [0.2, 0.25) is 0 Å². The molecule has 0 aromatic heterocycles. The van der Waals surface area contributed by atoms with Crippen LogP contribution in [0.15, 0.2) is 0 Å². The SMILES string of the molecule is CC(C)N1CCC(OCCCl)CC1. The lowest BCUT2D eigenvalue weighted by Gasteiger charge is -2.34. The maximum atomic E-state index is 5.60. The molecule has 0 aromatic rings. The average molecular weight is 206 g/mol. The number of piperidine rings is 1. The maximum Gasteiger partial charge on any atom is 0.0605 e. The van der Waals surface area contributed by atoms with Crippen molar-refractivity contribution in [1.29, 1.82) is 0 Å². The molecule has 78 valence electrons. The van der Waals surface area contributed by atoms with Crippen LogP contribution in [0.3, 0.4) is 0 Å². The van der Waals surface area contributed by atoms with Gasteiger partial charge in [-0.25, -0.2) is 0 Å². The molecule has 1 fully saturated rings. The fourth-order valence-corrected chi connectivity index (χ4v) is 1.86. The van der Waals surface area contributed by atoms with E-state index in [0.717, 1.165) is 12.8 Å². The molecule has 1 heterocycles. The highest BCUT2D eigenvalue weighted by atomic mass is 35.5. The summed E-state index contributed by atoms with van der Waals surface area (Å²) in [5.74, 6) is 0.615. The Bertz CT molecular complexity index is 133.